The highest BCUT2D eigenvalue weighted by Crippen LogP contribution is 2.35. The zero-order valence-corrected chi connectivity index (χ0v) is 22.0. The molecule has 0 aliphatic carbocycles. The molecular formula is C30H33N5O3. The maximum absolute atomic E-state index is 13.8. The molecule has 2 aromatic carbocycles. The summed E-state index contributed by atoms with van der Waals surface area (Å²) in [6.07, 6.45) is 1.68. The van der Waals surface area contributed by atoms with Crippen LogP contribution in [0.5, 0.6) is 0 Å². The second kappa shape index (κ2) is 9.04. The van der Waals surface area contributed by atoms with Crippen LogP contribution in [-0.4, -0.2) is 68.7 Å². The Hall–Kier alpha value is -4.07. The molecule has 8 heteroatoms. The second-order valence-electron chi connectivity index (χ2n) is 11.6. The Morgan fingerprint density at radius 1 is 0.868 bits per heavy atom. The zero-order chi connectivity index (χ0) is 26.6. The van der Waals surface area contributed by atoms with Crippen molar-refractivity contribution in [2.24, 2.45) is 5.41 Å². The molecule has 1 unspecified atom stereocenters. The van der Waals surface area contributed by atoms with Crippen LogP contribution in [0.15, 0.2) is 60.7 Å². The molecular weight excluding hydrogens is 478 g/mol. The fraction of sp³-hybridized carbons (Fsp3) is 0.367. The van der Waals surface area contributed by atoms with Crippen molar-refractivity contribution in [3.63, 3.8) is 0 Å². The molecule has 8 nitrogen and oxygen atoms in total. The number of nitrogens with zero attached hydrogens (tertiary/aromatic N) is 2. The van der Waals surface area contributed by atoms with Gasteiger partial charge in [0.1, 0.15) is 17.4 Å². The van der Waals surface area contributed by atoms with Crippen molar-refractivity contribution >= 4 is 39.5 Å². The molecule has 2 aromatic heterocycles. The van der Waals surface area contributed by atoms with E-state index in [1.807, 2.05) is 91.2 Å². The molecule has 0 spiro atoms. The first-order valence-corrected chi connectivity index (χ1v) is 13.3. The summed E-state index contributed by atoms with van der Waals surface area (Å²) in [5, 5.41) is 4.96. The molecule has 0 saturated carbocycles. The number of carbonyl (C=O) groups excluding carboxylic acids is 3. The molecule has 3 N–H and O–H groups in total. The fourth-order valence-corrected chi connectivity index (χ4v) is 5.89. The SMILES string of the molecule is CC(C)(C)[C@H](NC(=O)c1cc2ccccc2[nH]1)C(=O)N1C[C@@H]2C1CCCN2C(=O)c1cc2ccccc2[nH]1. The van der Waals surface area contributed by atoms with Crippen molar-refractivity contribution in [3.05, 3.63) is 72.1 Å². The molecule has 3 atom stereocenters. The van der Waals surface area contributed by atoms with Gasteiger partial charge >= 0.3 is 0 Å². The summed E-state index contributed by atoms with van der Waals surface area (Å²) >= 11 is 0. The quantitative estimate of drug-likeness (QED) is 0.381. The van der Waals surface area contributed by atoms with Crippen LogP contribution < -0.4 is 5.32 Å². The van der Waals surface area contributed by atoms with Gasteiger partial charge < -0.3 is 25.1 Å². The Morgan fingerprint density at radius 2 is 1.47 bits per heavy atom. The summed E-state index contributed by atoms with van der Waals surface area (Å²) < 4.78 is 0. The standard InChI is InChI=1S/C30H33N5O3/c1-30(2,3)26(33-27(36)22-15-18-9-4-6-11-20(18)31-22)29(38)35-17-25-24(35)13-8-14-34(25)28(37)23-16-19-10-5-7-12-21(19)32-23/h4-7,9-12,15-16,24-26,31-32H,8,13-14,17H2,1-3H3,(H,33,36)/t24?,25-,26-/m1/s1. The van der Waals surface area contributed by atoms with E-state index >= 15 is 0 Å². The van der Waals surface area contributed by atoms with E-state index in [-0.39, 0.29) is 29.8 Å². The number of rotatable bonds is 4. The summed E-state index contributed by atoms with van der Waals surface area (Å²) in [7, 11) is 0. The number of carbonyl (C=O) groups is 3. The molecule has 0 bridgehead atoms. The molecule has 3 amide bonds. The lowest BCUT2D eigenvalue weighted by Gasteiger charge is -2.56. The number of piperidine rings is 1. The van der Waals surface area contributed by atoms with Gasteiger partial charge in [0.05, 0.1) is 12.1 Å². The monoisotopic (exact) mass is 511 g/mol. The number of fused-ring (bicyclic) bond motifs is 3. The number of nitrogens with one attached hydrogen (secondary N) is 3. The number of likely N-dealkylation sites (tertiary alicyclic amines) is 2. The van der Waals surface area contributed by atoms with Crippen LogP contribution in [0, 0.1) is 5.41 Å². The molecule has 0 radical (unpaired) electrons. The number of aromatic amines is 2. The minimum absolute atomic E-state index is 0.0170. The van der Waals surface area contributed by atoms with Gasteiger partial charge in [-0.3, -0.25) is 14.4 Å². The van der Waals surface area contributed by atoms with E-state index in [4.69, 9.17) is 0 Å². The Kier molecular flexibility index (Phi) is 5.78. The van der Waals surface area contributed by atoms with E-state index in [1.165, 1.54) is 0 Å². The van der Waals surface area contributed by atoms with Gasteiger partial charge in [0, 0.05) is 34.9 Å². The fourth-order valence-electron chi connectivity index (χ4n) is 5.89. The zero-order valence-electron chi connectivity index (χ0n) is 22.0. The van der Waals surface area contributed by atoms with E-state index in [1.54, 1.807) is 0 Å². The number of aromatic nitrogens is 2. The van der Waals surface area contributed by atoms with Gasteiger partial charge in [-0.15, -0.1) is 0 Å². The van der Waals surface area contributed by atoms with Gasteiger partial charge in [-0.1, -0.05) is 57.2 Å². The third kappa shape index (κ3) is 4.14. The first kappa shape index (κ1) is 24.3. The van der Waals surface area contributed by atoms with E-state index in [2.05, 4.69) is 15.3 Å². The van der Waals surface area contributed by atoms with E-state index in [9.17, 15) is 14.4 Å². The van der Waals surface area contributed by atoms with Crippen molar-refractivity contribution in [2.75, 3.05) is 13.1 Å². The molecule has 2 saturated heterocycles. The smallest absolute Gasteiger partial charge is 0.270 e. The Bertz CT molecular complexity index is 1480. The van der Waals surface area contributed by atoms with E-state index < -0.39 is 11.5 Å². The van der Waals surface area contributed by atoms with Crippen LogP contribution >= 0.6 is 0 Å². The normalized spacial score (nSPS) is 20.2. The predicted octanol–water partition coefficient (Wildman–Crippen LogP) is 4.31. The average Bonchev–Trinajstić information content (AvgIpc) is 3.51. The number of amides is 3. The number of H-pyrrole nitrogens is 2. The summed E-state index contributed by atoms with van der Waals surface area (Å²) in [6, 6.07) is 18.5. The van der Waals surface area contributed by atoms with Crippen molar-refractivity contribution in [3.8, 4) is 0 Å². The van der Waals surface area contributed by atoms with Gasteiger partial charge in [0.25, 0.3) is 11.8 Å². The molecule has 6 rings (SSSR count). The number of para-hydroxylation sites is 2. The largest absolute Gasteiger partial charge is 0.351 e. The highest BCUT2D eigenvalue weighted by Gasteiger charge is 2.51. The number of hydrogen-bond acceptors (Lipinski definition) is 3. The van der Waals surface area contributed by atoms with Crippen LogP contribution in [0.3, 0.4) is 0 Å². The van der Waals surface area contributed by atoms with Gasteiger partial charge in [-0.2, -0.15) is 0 Å². The summed E-state index contributed by atoms with van der Waals surface area (Å²) in [6.45, 7) is 7.04. The summed E-state index contributed by atoms with van der Waals surface area (Å²) in [5.41, 5.74) is 2.34. The minimum atomic E-state index is -0.692. The molecule has 4 heterocycles. The lowest BCUT2D eigenvalue weighted by atomic mass is 9.81. The van der Waals surface area contributed by atoms with E-state index in [0.717, 1.165) is 34.6 Å². The molecule has 2 aliphatic heterocycles. The maximum atomic E-state index is 13.8. The number of benzene rings is 2. The van der Waals surface area contributed by atoms with Crippen LogP contribution in [0.2, 0.25) is 0 Å². The minimum Gasteiger partial charge on any atom is -0.351 e. The Labute approximate surface area is 221 Å². The van der Waals surface area contributed by atoms with Gasteiger partial charge in [0.2, 0.25) is 5.91 Å². The molecule has 4 aromatic rings. The van der Waals surface area contributed by atoms with Crippen LogP contribution in [0.4, 0.5) is 0 Å². The first-order valence-electron chi connectivity index (χ1n) is 13.3. The number of hydrogen-bond donors (Lipinski definition) is 3. The van der Waals surface area contributed by atoms with Gasteiger partial charge in [-0.25, -0.2) is 0 Å². The lowest BCUT2D eigenvalue weighted by Crippen LogP contribution is -2.73. The third-order valence-corrected chi connectivity index (χ3v) is 7.99. The topological polar surface area (TPSA) is 101 Å². The lowest BCUT2D eigenvalue weighted by molar-refractivity contribution is -0.152. The highest BCUT2D eigenvalue weighted by atomic mass is 16.2. The van der Waals surface area contributed by atoms with E-state index in [0.29, 0.717) is 24.5 Å². The van der Waals surface area contributed by atoms with Crippen LogP contribution in [0.1, 0.15) is 54.6 Å². The van der Waals surface area contributed by atoms with Crippen molar-refractivity contribution in [2.45, 2.75) is 51.7 Å². The maximum Gasteiger partial charge on any atom is 0.270 e. The molecule has 2 fully saturated rings. The molecule has 2 aliphatic rings. The van der Waals surface area contributed by atoms with Crippen LogP contribution in [-0.2, 0) is 4.79 Å². The van der Waals surface area contributed by atoms with Crippen molar-refractivity contribution in [1.29, 1.82) is 0 Å². The molecule has 38 heavy (non-hydrogen) atoms. The molecule has 196 valence electrons. The first-order chi connectivity index (χ1) is 18.2. The second-order valence-corrected chi connectivity index (χ2v) is 11.6. The van der Waals surface area contributed by atoms with Gasteiger partial charge in [-0.05, 0) is 42.5 Å². The Balaban J connectivity index is 1.18. The average molecular weight is 512 g/mol. The predicted molar refractivity (Wildman–Crippen MR) is 147 cm³/mol. The van der Waals surface area contributed by atoms with Gasteiger partial charge in [0.15, 0.2) is 0 Å². The summed E-state index contributed by atoms with van der Waals surface area (Å²) in [5.74, 6) is -0.420. The Morgan fingerprint density at radius 3 is 2.11 bits per heavy atom. The van der Waals surface area contributed by atoms with Crippen molar-refractivity contribution < 1.29 is 14.4 Å². The van der Waals surface area contributed by atoms with Crippen molar-refractivity contribution in [1.82, 2.24) is 25.1 Å². The highest BCUT2D eigenvalue weighted by molar-refractivity contribution is 6.01. The van der Waals surface area contributed by atoms with Crippen LogP contribution in [0.25, 0.3) is 21.8 Å². The summed E-state index contributed by atoms with van der Waals surface area (Å²) in [4.78, 5) is 50.6. The third-order valence-electron chi connectivity index (χ3n) is 7.99.